The largest absolute Gasteiger partial charge is 0.508 e. The fraction of sp³-hybridized carbons (Fsp3) is 0.486. The van der Waals surface area contributed by atoms with Gasteiger partial charge in [-0.25, -0.2) is 0 Å². The molecule has 0 spiro atoms. The highest BCUT2D eigenvalue weighted by atomic mass is 16.5. The molecule has 0 aromatic heterocycles. The van der Waals surface area contributed by atoms with Gasteiger partial charge in [0.1, 0.15) is 18.1 Å². The number of ether oxygens (including phenoxy) is 4. The zero-order chi connectivity index (χ0) is 29.5. The zero-order valence-corrected chi connectivity index (χ0v) is 25.6. The average Bonchev–Trinajstić information content (AvgIpc) is 3.03. The summed E-state index contributed by atoms with van der Waals surface area (Å²) in [4.78, 5) is 4.81. The first kappa shape index (κ1) is 30.1. The first-order valence-corrected chi connectivity index (χ1v) is 15.3. The third-order valence-electron chi connectivity index (χ3n) is 8.94. The van der Waals surface area contributed by atoms with Crippen LogP contribution in [0.3, 0.4) is 0 Å². The summed E-state index contributed by atoms with van der Waals surface area (Å²) >= 11 is 0. The molecule has 0 saturated carbocycles. The maximum atomic E-state index is 9.97. The molecule has 0 amide bonds. The number of benzene rings is 3. The van der Waals surface area contributed by atoms with Gasteiger partial charge in [0.25, 0.3) is 0 Å². The monoisotopic (exact) mass is 574 g/mol. The van der Waals surface area contributed by atoms with Crippen molar-refractivity contribution in [2.24, 2.45) is 0 Å². The second-order valence-electron chi connectivity index (χ2n) is 11.5. The molecule has 5 rings (SSSR count). The van der Waals surface area contributed by atoms with Crippen LogP contribution < -0.4 is 19.1 Å². The molecule has 1 heterocycles. The number of hydrogen-bond acceptors (Lipinski definition) is 7. The Morgan fingerprint density at radius 2 is 1.64 bits per heavy atom. The predicted octanol–water partition coefficient (Wildman–Crippen LogP) is 6.20. The zero-order valence-electron chi connectivity index (χ0n) is 25.6. The van der Waals surface area contributed by atoms with Crippen LogP contribution in [0, 0.1) is 0 Å². The number of anilines is 1. The van der Waals surface area contributed by atoms with Gasteiger partial charge in [0.15, 0.2) is 11.5 Å². The predicted molar refractivity (Wildman–Crippen MR) is 168 cm³/mol. The number of phenolic OH excluding ortho intramolecular Hbond substituents is 1. The molecule has 1 aliphatic carbocycles. The van der Waals surface area contributed by atoms with Gasteiger partial charge in [0.2, 0.25) is 0 Å². The topological polar surface area (TPSA) is 63.6 Å². The van der Waals surface area contributed by atoms with Gasteiger partial charge >= 0.3 is 0 Å². The van der Waals surface area contributed by atoms with Crippen LogP contribution in [-0.4, -0.2) is 70.2 Å². The van der Waals surface area contributed by atoms with Gasteiger partial charge in [-0.2, -0.15) is 0 Å². The van der Waals surface area contributed by atoms with E-state index in [1.165, 1.54) is 27.9 Å². The number of methoxy groups -OCH3 is 2. The van der Waals surface area contributed by atoms with Gasteiger partial charge < -0.3 is 29.0 Å². The summed E-state index contributed by atoms with van der Waals surface area (Å²) in [5, 5.41) is 9.97. The number of hydrogen-bond donors (Lipinski definition) is 1. The molecule has 1 N–H and O–H groups in total. The minimum absolute atomic E-state index is 0.343. The molecule has 226 valence electrons. The molecule has 1 aliphatic heterocycles. The van der Waals surface area contributed by atoms with Crippen LogP contribution in [-0.2, 0) is 24.1 Å². The van der Waals surface area contributed by atoms with Crippen molar-refractivity contribution in [2.75, 3.05) is 59.1 Å². The van der Waals surface area contributed by atoms with E-state index in [0.717, 1.165) is 82.2 Å². The summed E-state index contributed by atoms with van der Waals surface area (Å²) in [7, 11) is 5.58. The first-order chi connectivity index (χ1) is 20.5. The highest BCUT2D eigenvalue weighted by molar-refractivity contribution is 5.64. The molecule has 2 aliphatic rings. The maximum Gasteiger partial charge on any atom is 0.162 e. The number of nitrogens with zero attached hydrogens (tertiary/aromatic N) is 2. The molecular weight excluding hydrogens is 528 g/mol. The highest BCUT2D eigenvalue weighted by Crippen LogP contribution is 2.43. The molecule has 1 saturated heterocycles. The normalized spacial score (nSPS) is 17.1. The molecule has 7 heteroatoms. The van der Waals surface area contributed by atoms with Crippen molar-refractivity contribution in [3.05, 3.63) is 76.9 Å². The summed E-state index contributed by atoms with van der Waals surface area (Å²) in [5.41, 5.74) is 6.25. The minimum Gasteiger partial charge on any atom is -0.508 e. The van der Waals surface area contributed by atoms with E-state index in [1.807, 2.05) is 6.07 Å². The lowest BCUT2D eigenvalue weighted by molar-refractivity contribution is 0.0392. The Morgan fingerprint density at radius 1 is 0.905 bits per heavy atom. The Balaban J connectivity index is 1.29. The Labute approximate surface area is 251 Å². The number of fused-ring (bicyclic) bond motifs is 1. The van der Waals surface area contributed by atoms with Gasteiger partial charge in [0, 0.05) is 50.6 Å². The molecule has 1 atom stereocenters. The van der Waals surface area contributed by atoms with Crippen molar-refractivity contribution in [3.8, 4) is 23.0 Å². The van der Waals surface area contributed by atoms with E-state index in [9.17, 15) is 5.11 Å². The SMILES string of the molecule is CCN(Cc1ccc(OCCN(C)C2CCOCC2)cc1)c1cc(OC)c(OC)cc1[C@@H]1CCc2cc(O)ccc2C1. The molecule has 1 fully saturated rings. The second kappa shape index (κ2) is 14.2. The third kappa shape index (κ3) is 7.13. The molecule has 0 bridgehead atoms. The van der Waals surface area contributed by atoms with E-state index in [-0.39, 0.29) is 0 Å². The molecule has 42 heavy (non-hydrogen) atoms. The van der Waals surface area contributed by atoms with Crippen LogP contribution in [0.1, 0.15) is 54.4 Å². The standard InChI is InChI=1S/C35H46N2O5/c1-5-37(24-25-6-12-31(13-7-25)42-19-16-36(2)29-14-17-41-18-15-29)33-23-35(40-4)34(39-3)22-32(33)28-9-8-27-21-30(38)11-10-26(27)20-28/h6-7,10-13,21-23,28-29,38H,5,8-9,14-20,24H2,1-4H3/t28-/m1/s1. The van der Waals surface area contributed by atoms with Gasteiger partial charge in [-0.15, -0.1) is 0 Å². The molecule has 0 radical (unpaired) electrons. The fourth-order valence-electron chi connectivity index (χ4n) is 6.39. The van der Waals surface area contributed by atoms with Crippen molar-refractivity contribution < 1.29 is 24.1 Å². The summed E-state index contributed by atoms with van der Waals surface area (Å²) in [6.45, 7) is 7.14. The van der Waals surface area contributed by atoms with Crippen molar-refractivity contribution in [1.29, 1.82) is 0 Å². The number of phenols is 1. The van der Waals surface area contributed by atoms with Crippen LogP contribution in [0.25, 0.3) is 0 Å². The van der Waals surface area contributed by atoms with Crippen molar-refractivity contribution in [2.45, 2.75) is 57.5 Å². The van der Waals surface area contributed by atoms with E-state index in [0.29, 0.717) is 24.3 Å². The minimum atomic E-state index is 0.343. The summed E-state index contributed by atoms with van der Waals surface area (Å²) in [6.07, 6.45) is 5.09. The Morgan fingerprint density at radius 3 is 2.36 bits per heavy atom. The van der Waals surface area contributed by atoms with Gasteiger partial charge in [0.05, 0.1) is 14.2 Å². The molecule has 3 aromatic rings. The number of aromatic hydroxyl groups is 1. The van der Waals surface area contributed by atoms with Crippen LogP contribution >= 0.6 is 0 Å². The summed E-state index contributed by atoms with van der Waals surface area (Å²) in [6, 6.07) is 19.2. The molecular formula is C35H46N2O5. The van der Waals surface area contributed by atoms with Gasteiger partial charge in [-0.05, 0) is 105 Å². The number of likely N-dealkylation sites (N-methyl/N-ethyl adjacent to an activating group) is 1. The Kier molecular flexibility index (Phi) is 10.1. The van der Waals surface area contributed by atoms with E-state index in [1.54, 1.807) is 20.3 Å². The van der Waals surface area contributed by atoms with Crippen LogP contribution in [0.4, 0.5) is 5.69 Å². The smallest absolute Gasteiger partial charge is 0.162 e. The van der Waals surface area contributed by atoms with Crippen LogP contribution in [0.5, 0.6) is 23.0 Å². The summed E-state index contributed by atoms with van der Waals surface area (Å²) < 4.78 is 23.1. The second-order valence-corrected chi connectivity index (χ2v) is 11.5. The van der Waals surface area contributed by atoms with E-state index in [2.05, 4.69) is 66.2 Å². The number of aryl methyl sites for hydroxylation is 1. The van der Waals surface area contributed by atoms with Gasteiger partial charge in [-0.1, -0.05) is 18.2 Å². The number of rotatable bonds is 12. The lowest BCUT2D eigenvalue weighted by Gasteiger charge is -2.32. The first-order valence-electron chi connectivity index (χ1n) is 15.3. The van der Waals surface area contributed by atoms with E-state index >= 15 is 0 Å². The fourth-order valence-corrected chi connectivity index (χ4v) is 6.39. The molecule has 0 unspecified atom stereocenters. The van der Waals surface area contributed by atoms with Crippen molar-refractivity contribution in [3.63, 3.8) is 0 Å². The average molecular weight is 575 g/mol. The van der Waals surface area contributed by atoms with Gasteiger partial charge in [-0.3, -0.25) is 4.90 Å². The van der Waals surface area contributed by atoms with Crippen molar-refractivity contribution >= 4 is 5.69 Å². The Bertz CT molecular complexity index is 1310. The van der Waals surface area contributed by atoms with Crippen molar-refractivity contribution in [1.82, 2.24) is 4.90 Å². The Hall–Kier alpha value is -3.42. The van der Waals surface area contributed by atoms with E-state index < -0.39 is 0 Å². The highest BCUT2D eigenvalue weighted by Gasteiger charge is 2.26. The lowest BCUT2D eigenvalue weighted by atomic mass is 9.79. The quantitative estimate of drug-likeness (QED) is 0.276. The van der Waals surface area contributed by atoms with Crippen LogP contribution in [0.2, 0.25) is 0 Å². The van der Waals surface area contributed by atoms with E-state index in [4.69, 9.17) is 18.9 Å². The third-order valence-corrected chi connectivity index (χ3v) is 8.94. The van der Waals surface area contributed by atoms with Crippen LogP contribution in [0.15, 0.2) is 54.6 Å². The lowest BCUT2D eigenvalue weighted by Crippen LogP contribution is -2.38. The summed E-state index contributed by atoms with van der Waals surface area (Å²) in [5.74, 6) is 3.09. The molecule has 3 aromatic carbocycles. The molecule has 7 nitrogen and oxygen atoms in total. The maximum absolute atomic E-state index is 9.97.